The van der Waals surface area contributed by atoms with Crippen molar-refractivity contribution in [1.82, 2.24) is 9.88 Å². The Morgan fingerprint density at radius 3 is 2.81 bits per heavy atom. The zero-order chi connectivity index (χ0) is 14.8. The fourth-order valence-corrected chi connectivity index (χ4v) is 3.41. The monoisotopic (exact) mass is 284 g/mol. The van der Waals surface area contributed by atoms with E-state index >= 15 is 0 Å². The second kappa shape index (κ2) is 5.94. The Morgan fingerprint density at radius 1 is 1.14 bits per heavy atom. The number of aromatic nitrogens is 1. The molecule has 0 aliphatic carbocycles. The molecular weight excluding hydrogens is 260 g/mol. The van der Waals surface area contributed by atoms with E-state index in [-0.39, 0.29) is 0 Å². The molecule has 1 aromatic heterocycles. The summed E-state index contributed by atoms with van der Waals surface area (Å²) in [5, 5.41) is 4.89. The SMILES string of the molecule is CC.Cn1c2c(c3c4c(ccc31)OCC=C4)CCNCC2. The molecule has 2 aromatic rings. The van der Waals surface area contributed by atoms with Gasteiger partial charge in [0.1, 0.15) is 12.4 Å². The van der Waals surface area contributed by atoms with Crippen LogP contribution in [-0.4, -0.2) is 24.3 Å². The Morgan fingerprint density at radius 2 is 1.95 bits per heavy atom. The molecule has 0 spiro atoms. The minimum Gasteiger partial charge on any atom is -0.489 e. The lowest BCUT2D eigenvalue weighted by Crippen LogP contribution is -2.17. The van der Waals surface area contributed by atoms with Gasteiger partial charge in [-0.1, -0.05) is 19.9 Å². The second-order valence-corrected chi connectivity index (χ2v) is 5.32. The van der Waals surface area contributed by atoms with Gasteiger partial charge in [0, 0.05) is 42.2 Å². The van der Waals surface area contributed by atoms with Gasteiger partial charge in [0.05, 0.1) is 0 Å². The first-order valence-corrected chi connectivity index (χ1v) is 7.99. The molecule has 2 aliphatic heterocycles. The van der Waals surface area contributed by atoms with Gasteiger partial charge >= 0.3 is 0 Å². The van der Waals surface area contributed by atoms with Crippen LogP contribution in [0.2, 0.25) is 0 Å². The standard InChI is InChI=1S/C16H18N2O.C2H6/c1-18-13-7-9-17-8-6-11(13)16-12-3-2-10-19-15(12)5-4-14(16)18;1-2/h2-5,17H,6-10H2,1H3;1-2H3. The molecule has 3 heteroatoms. The molecule has 1 N–H and O–H groups in total. The van der Waals surface area contributed by atoms with Gasteiger partial charge in [-0.2, -0.15) is 0 Å². The maximum atomic E-state index is 5.75. The molecule has 1 aromatic carbocycles. The van der Waals surface area contributed by atoms with E-state index < -0.39 is 0 Å². The summed E-state index contributed by atoms with van der Waals surface area (Å²) in [6.45, 7) is 6.83. The third-order valence-corrected chi connectivity index (χ3v) is 4.31. The number of fused-ring (bicyclic) bond motifs is 5. The van der Waals surface area contributed by atoms with Crippen molar-refractivity contribution in [1.29, 1.82) is 0 Å². The van der Waals surface area contributed by atoms with Crippen LogP contribution in [0.4, 0.5) is 0 Å². The molecule has 21 heavy (non-hydrogen) atoms. The maximum Gasteiger partial charge on any atom is 0.127 e. The van der Waals surface area contributed by atoms with E-state index in [1.54, 1.807) is 0 Å². The summed E-state index contributed by atoms with van der Waals surface area (Å²) in [7, 11) is 2.19. The first kappa shape index (κ1) is 14.2. The van der Waals surface area contributed by atoms with Crippen molar-refractivity contribution in [3.8, 4) is 5.75 Å². The number of nitrogens with one attached hydrogen (secondary N) is 1. The van der Waals surface area contributed by atoms with E-state index in [1.165, 1.54) is 27.7 Å². The minimum absolute atomic E-state index is 0.690. The molecule has 0 atom stereocenters. The van der Waals surface area contributed by atoms with Crippen molar-refractivity contribution in [2.45, 2.75) is 26.7 Å². The number of aryl methyl sites for hydroxylation is 1. The van der Waals surface area contributed by atoms with Gasteiger partial charge in [0.25, 0.3) is 0 Å². The molecule has 3 heterocycles. The van der Waals surface area contributed by atoms with Crippen molar-refractivity contribution >= 4 is 17.0 Å². The van der Waals surface area contributed by atoms with E-state index in [4.69, 9.17) is 4.74 Å². The number of benzene rings is 1. The summed E-state index contributed by atoms with van der Waals surface area (Å²) in [6, 6.07) is 4.31. The predicted molar refractivity (Wildman–Crippen MR) is 89.1 cm³/mol. The van der Waals surface area contributed by atoms with Crippen LogP contribution in [0.5, 0.6) is 5.75 Å². The maximum absolute atomic E-state index is 5.75. The second-order valence-electron chi connectivity index (χ2n) is 5.32. The largest absolute Gasteiger partial charge is 0.489 e. The predicted octanol–water partition coefficient (Wildman–Crippen LogP) is 3.30. The fraction of sp³-hybridized carbons (Fsp3) is 0.444. The Labute approximate surface area is 126 Å². The molecule has 4 rings (SSSR count). The quantitative estimate of drug-likeness (QED) is 0.803. The lowest BCUT2D eigenvalue weighted by Gasteiger charge is -2.14. The van der Waals surface area contributed by atoms with Gasteiger partial charge in [-0.3, -0.25) is 0 Å². The van der Waals surface area contributed by atoms with Gasteiger partial charge in [0.15, 0.2) is 0 Å². The lowest BCUT2D eigenvalue weighted by atomic mass is 10.00. The Hall–Kier alpha value is -1.74. The van der Waals surface area contributed by atoms with Gasteiger partial charge < -0.3 is 14.6 Å². The molecule has 0 radical (unpaired) electrons. The molecule has 0 saturated heterocycles. The van der Waals surface area contributed by atoms with Gasteiger partial charge in [-0.05, 0) is 36.7 Å². The van der Waals surface area contributed by atoms with Gasteiger partial charge in [0.2, 0.25) is 0 Å². The van der Waals surface area contributed by atoms with Crippen molar-refractivity contribution in [3.05, 3.63) is 35.0 Å². The van der Waals surface area contributed by atoms with Crippen molar-refractivity contribution in [3.63, 3.8) is 0 Å². The molecule has 0 fully saturated rings. The first-order chi connectivity index (χ1) is 10.4. The highest BCUT2D eigenvalue weighted by Gasteiger charge is 2.21. The normalized spacial score (nSPS) is 16.3. The summed E-state index contributed by atoms with van der Waals surface area (Å²) in [6.07, 6.45) is 6.55. The number of rotatable bonds is 0. The summed E-state index contributed by atoms with van der Waals surface area (Å²) in [5.74, 6) is 1.03. The average molecular weight is 284 g/mol. The number of ether oxygens (including phenoxy) is 1. The van der Waals surface area contributed by atoms with E-state index in [0.29, 0.717) is 6.61 Å². The first-order valence-electron chi connectivity index (χ1n) is 7.99. The topological polar surface area (TPSA) is 26.2 Å². The summed E-state index contributed by atoms with van der Waals surface area (Å²) in [5.41, 5.74) is 5.59. The van der Waals surface area contributed by atoms with E-state index in [1.807, 2.05) is 13.8 Å². The summed E-state index contributed by atoms with van der Waals surface area (Å²) in [4.78, 5) is 0. The van der Waals surface area contributed by atoms with Crippen LogP contribution in [0.15, 0.2) is 18.2 Å². The zero-order valence-electron chi connectivity index (χ0n) is 13.2. The van der Waals surface area contributed by atoms with Crippen LogP contribution < -0.4 is 10.1 Å². The van der Waals surface area contributed by atoms with Crippen LogP contribution in [0, 0.1) is 0 Å². The van der Waals surface area contributed by atoms with Crippen molar-refractivity contribution < 1.29 is 4.74 Å². The van der Waals surface area contributed by atoms with Crippen LogP contribution in [0.3, 0.4) is 0 Å². The highest BCUT2D eigenvalue weighted by atomic mass is 16.5. The Bertz CT molecular complexity index is 682. The minimum atomic E-state index is 0.690. The van der Waals surface area contributed by atoms with E-state index in [9.17, 15) is 0 Å². The Balaban J connectivity index is 0.000000636. The van der Waals surface area contributed by atoms with Crippen LogP contribution in [0.1, 0.15) is 30.7 Å². The van der Waals surface area contributed by atoms with Gasteiger partial charge in [-0.25, -0.2) is 0 Å². The fourth-order valence-electron chi connectivity index (χ4n) is 3.41. The molecule has 0 saturated carbocycles. The average Bonchev–Trinajstić information content (AvgIpc) is 2.72. The highest BCUT2D eigenvalue weighted by Crippen LogP contribution is 2.37. The molecular formula is C18H24N2O. The molecule has 0 unspecified atom stereocenters. The number of nitrogens with zero attached hydrogens (tertiary/aromatic N) is 1. The van der Waals surface area contributed by atoms with Gasteiger partial charge in [-0.15, -0.1) is 0 Å². The van der Waals surface area contributed by atoms with E-state index in [0.717, 1.165) is 31.7 Å². The number of hydrogen-bond donors (Lipinski definition) is 1. The van der Waals surface area contributed by atoms with Crippen molar-refractivity contribution in [2.75, 3.05) is 19.7 Å². The summed E-state index contributed by atoms with van der Waals surface area (Å²) >= 11 is 0. The molecule has 0 bridgehead atoms. The molecule has 2 aliphatic rings. The molecule has 112 valence electrons. The zero-order valence-corrected chi connectivity index (χ0v) is 13.2. The third-order valence-electron chi connectivity index (χ3n) is 4.31. The van der Waals surface area contributed by atoms with E-state index in [2.05, 4.69) is 41.2 Å². The number of hydrogen-bond acceptors (Lipinski definition) is 2. The lowest BCUT2D eigenvalue weighted by molar-refractivity contribution is 0.359. The molecule has 0 amide bonds. The highest BCUT2D eigenvalue weighted by molar-refractivity contribution is 5.96. The Kier molecular flexibility index (Phi) is 4.02. The van der Waals surface area contributed by atoms with Crippen molar-refractivity contribution in [2.24, 2.45) is 7.05 Å². The molecule has 3 nitrogen and oxygen atoms in total. The van der Waals surface area contributed by atoms with Crippen LogP contribution >= 0.6 is 0 Å². The van der Waals surface area contributed by atoms with Crippen LogP contribution in [0.25, 0.3) is 17.0 Å². The van der Waals surface area contributed by atoms with Crippen LogP contribution in [-0.2, 0) is 19.9 Å². The third kappa shape index (κ3) is 2.26. The summed E-state index contributed by atoms with van der Waals surface area (Å²) < 4.78 is 8.11. The smallest absolute Gasteiger partial charge is 0.127 e.